The quantitative estimate of drug-likeness (QED) is 0.818. The molecule has 0 fully saturated rings. The van der Waals surface area contributed by atoms with Crippen molar-refractivity contribution in [2.75, 3.05) is 6.61 Å². The Morgan fingerprint density at radius 3 is 2.59 bits per heavy atom. The lowest BCUT2D eigenvalue weighted by atomic mass is 10.2. The van der Waals surface area contributed by atoms with E-state index in [1.807, 2.05) is 6.07 Å². The molecule has 0 bridgehead atoms. The van der Waals surface area contributed by atoms with Crippen LogP contribution in [0.15, 0.2) is 4.21 Å². The van der Waals surface area contributed by atoms with Gasteiger partial charge in [0, 0.05) is 0 Å². The maximum absolute atomic E-state index is 11.6. The lowest BCUT2D eigenvalue weighted by Crippen LogP contribution is -2.16. The number of rotatable bonds is 3. The summed E-state index contributed by atoms with van der Waals surface area (Å²) in [6.45, 7) is 3.19. The number of carbonyl (C=O) groups excluding carboxylic acids is 1. The lowest BCUT2D eigenvalue weighted by molar-refractivity contribution is 0.0522. The van der Waals surface area contributed by atoms with Crippen LogP contribution in [0.3, 0.4) is 0 Å². The van der Waals surface area contributed by atoms with Gasteiger partial charge in [-0.3, -0.25) is 0 Å². The number of hydrogen-bond acceptors (Lipinski definition) is 6. The smallest absolute Gasteiger partial charge is 0.340 e. The van der Waals surface area contributed by atoms with Gasteiger partial charge in [0.05, 0.1) is 12.2 Å². The van der Waals surface area contributed by atoms with Crippen LogP contribution in [0.5, 0.6) is 0 Å². The molecule has 0 amide bonds. The summed E-state index contributed by atoms with van der Waals surface area (Å²) in [7, 11) is -4.04. The topological polar surface area (TPSA) is 110 Å². The second kappa shape index (κ2) is 4.83. The number of nitriles is 1. The molecule has 2 N–H and O–H groups in total. The third-order valence-corrected chi connectivity index (χ3v) is 4.61. The number of hydrogen-bond donors (Lipinski definition) is 1. The second-order valence-corrected chi connectivity index (χ2v) is 5.87. The van der Waals surface area contributed by atoms with Crippen LogP contribution in [0.2, 0.25) is 0 Å². The molecule has 1 aromatic rings. The molecule has 0 spiro atoms. The first-order valence-electron chi connectivity index (χ1n) is 4.56. The predicted octanol–water partition coefficient (Wildman–Crippen LogP) is 0.752. The van der Waals surface area contributed by atoms with Gasteiger partial charge < -0.3 is 4.74 Å². The van der Waals surface area contributed by atoms with Gasteiger partial charge in [-0.25, -0.2) is 18.4 Å². The highest BCUT2D eigenvalue weighted by atomic mass is 32.2. The lowest BCUT2D eigenvalue weighted by Gasteiger charge is -2.03. The monoisotopic (exact) mass is 274 g/mol. The van der Waals surface area contributed by atoms with Crippen molar-refractivity contribution >= 4 is 27.3 Å². The molecular weight excluding hydrogens is 264 g/mol. The summed E-state index contributed by atoms with van der Waals surface area (Å²) < 4.78 is 27.0. The number of esters is 1. The van der Waals surface area contributed by atoms with Gasteiger partial charge in [0.15, 0.2) is 4.21 Å². The molecule has 0 atom stereocenters. The zero-order chi connectivity index (χ0) is 13.2. The van der Waals surface area contributed by atoms with Crippen LogP contribution in [0.4, 0.5) is 0 Å². The highest BCUT2D eigenvalue weighted by molar-refractivity contribution is 7.91. The number of nitrogens with two attached hydrogens (primary N) is 1. The molecule has 8 heteroatoms. The first-order chi connectivity index (χ1) is 7.82. The molecule has 0 saturated carbocycles. The first kappa shape index (κ1) is 13.6. The Bertz CT molecular complexity index is 595. The maximum Gasteiger partial charge on any atom is 0.340 e. The summed E-state index contributed by atoms with van der Waals surface area (Å²) in [6.07, 6.45) is 0. The van der Waals surface area contributed by atoms with Crippen LogP contribution in [0.25, 0.3) is 0 Å². The number of ether oxygens (including phenoxy) is 1. The van der Waals surface area contributed by atoms with Gasteiger partial charge in [-0.05, 0) is 19.4 Å². The standard InChI is InChI=1S/C9H10N2O4S2/c1-3-15-8(12)7-5(2)6(4-10)16-9(7)17(11,13)14/h3H2,1-2H3,(H2,11,13,14). The van der Waals surface area contributed by atoms with Crippen molar-refractivity contribution in [3.05, 3.63) is 16.0 Å². The van der Waals surface area contributed by atoms with Gasteiger partial charge in [-0.2, -0.15) is 5.26 Å². The Labute approximate surface area is 103 Å². The minimum absolute atomic E-state index is 0.111. The Kier molecular flexibility index (Phi) is 3.87. The molecule has 1 heterocycles. The normalized spacial score (nSPS) is 10.9. The van der Waals surface area contributed by atoms with E-state index in [0.29, 0.717) is 11.3 Å². The molecule has 0 aliphatic rings. The van der Waals surface area contributed by atoms with E-state index < -0.39 is 16.0 Å². The van der Waals surface area contributed by atoms with Crippen LogP contribution in [-0.2, 0) is 14.8 Å². The molecule has 0 radical (unpaired) electrons. The third-order valence-electron chi connectivity index (χ3n) is 1.95. The fourth-order valence-electron chi connectivity index (χ4n) is 1.23. The van der Waals surface area contributed by atoms with E-state index in [0.717, 1.165) is 0 Å². The zero-order valence-electron chi connectivity index (χ0n) is 9.18. The molecule has 0 unspecified atom stereocenters. The first-order valence-corrected chi connectivity index (χ1v) is 6.92. The molecule has 6 nitrogen and oxygen atoms in total. The molecule has 0 aliphatic heterocycles. The Balaban J connectivity index is 3.52. The minimum Gasteiger partial charge on any atom is -0.462 e. The highest BCUT2D eigenvalue weighted by Crippen LogP contribution is 2.31. The highest BCUT2D eigenvalue weighted by Gasteiger charge is 2.28. The summed E-state index contributed by atoms with van der Waals surface area (Å²) in [6, 6.07) is 1.82. The van der Waals surface area contributed by atoms with Crippen molar-refractivity contribution in [2.45, 2.75) is 18.1 Å². The van der Waals surface area contributed by atoms with Gasteiger partial charge in [0.2, 0.25) is 10.0 Å². The van der Waals surface area contributed by atoms with Gasteiger partial charge >= 0.3 is 5.97 Å². The van der Waals surface area contributed by atoms with Crippen molar-refractivity contribution in [1.82, 2.24) is 0 Å². The van der Waals surface area contributed by atoms with E-state index in [2.05, 4.69) is 0 Å². The van der Waals surface area contributed by atoms with Crippen LogP contribution >= 0.6 is 11.3 Å². The fraction of sp³-hybridized carbons (Fsp3) is 0.333. The Hall–Kier alpha value is -1.43. The second-order valence-electron chi connectivity index (χ2n) is 3.10. The van der Waals surface area contributed by atoms with E-state index in [1.54, 1.807) is 6.92 Å². The zero-order valence-corrected chi connectivity index (χ0v) is 10.8. The van der Waals surface area contributed by atoms with E-state index in [-0.39, 0.29) is 26.8 Å². The predicted molar refractivity (Wildman–Crippen MR) is 61.1 cm³/mol. The SMILES string of the molecule is CCOC(=O)c1c(S(N)(=O)=O)sc(C#N)c1C. The summed E-state index contributed by atoms with van der Waals surface area (Å²) in [5.41, 5.74) is 0.135. The summed E-state index contributed by atoms with van der Waals surface area (Å²) in [5, 5.41) is 13.8. The number of nitrogens with zero attached hydrogens (tertiary/aromatic N) is 1. The van der Waals surface area contributed by atoms with E-state index >= 15 is 0 Å². The third kappa shape index (κ3) is 2.63. The fourth-order valence-corrected chi connectivity index (χ4v) is 3.29. The van der Waals surface area contributed by atoms with E-state index in [1.165, 1.54) is 6.92 Å². The Morgan fingerprint density at radius 2 is 2.18 bits per heavy atom. The average molecular weight is 274 g/mol. The van der Waals surface area contributed by atoms with Crippen LogP contribution < -0.4 is 5.14 Å². The molecule has 0 aliphatic carbocycles. The van der Waals surface area contributed by atoms with Crippen molar-refractivity contribution in [1.29, 1.82) is 5.26 Å². The van der Waals surface area contributed by atoms with E-state index in [9.17, 15) is 13.2 Å². The number of thiophene rings is 1. The van der Waals surface area contributed by atoms with Crippen molar-refractivity contribution in [3.8, 4) is 6.07 Å². The van der Waals surface area contributed by atoms with Crippen LogP contribution in [0.1, 0.15) is 27.7 Å². The van der Waals surface area contributed by atoms with Crippen molar-refractivity contribution < 1.29 is 17.9 Å². The minimum atomic E-state index is -4.04. The summed E-state index contributed by atoms with van der Waals surface area (Å²) in [5.74, 6) is -0.785. The van der Waals surface area contributed by atoms with Crippen molar-refractivity contribution in [2.24, 2.45) is 5.14 Å². The van der Waals surface area contributed by atoms with Crippen molar-refractivity contribution in [3.63, 3.8) is 0 Å². The summed E-state index contributed by atoms with van der Waals surface area (Å²) >= 11 is 0.672. The molecule has 17 heavy (non-hydrogen) atoms. The van der Waals surface area contributed by atoms with Crippen LogP contribution in [-0.4, -0.2) is 21.0 Å². The average Bonchev–Trinajstić information content (AvgIpc) is 2.55. The molecule has 0 saturated heterocycles. The van der Waals surface area contributed by atoms with Gasteiger partial charge in [0.1, 0.15) is 10.9 Å². The number of primary sulfonamides is 1. The molecule has 92 valence electrons. The van der Waals surface area contributed by atoms with Crippen LogP contribution in [0, 0.1) is 18.3 Å². The van der Waals surface area contributed by atoms with Gasteiger partial charge in [-0.1, -0.05) is 0 Å². The Morgan fingerprint density at radius 1 is 1.59 bits per heavy atom. The molecular formula is C9H10N2O4S2. The summed E-state index contributed by atoms with van der Waals surface area (Å²) in [4.78, 5) is 11.8. The van der Waals surface area contributed by atoms with E-state index in [4.69, 9.17) is 15.1 Å². The van der Waals surface area contributed by atoms with Gasteiger partial charge in [0.25, 0.3) is 0 Å². The maximum atomic E-state index is 11.6. The molecule has 1 aromatic heterocycles. The number of sulfonamides is 1. The molecule has 0 aromatic carbocycles. The largest absolute Gasteiger partial charge is 0.462 e. The van der Waals surface area contributed by atoms with Gasteiger partial charge in [-0.15, -0.1) is 11.3 Å². The number of carbonyl (C=O) groups is 1. The molecule has 1 rings (SSSR count).